The van der Waals surface area contributed by atoms with Crippen LogP contribution in [-0.4, -0.2) is 26.5 Å². The maximum Gasteiger partial charge on any atom is 0.349 e. The summed E-state index contributed by atoms with van der Waals surface area (Å²) < 4.78 is 7.98. The summed E-state index contributed by atoms with van der Waals surface area (Å²) in [5.41, 5.74) is 5.57. The number of halogens is 1. The summed E-state index contributed by atoms with van der Waals surface area (Å²) in [5.74, 6) is 0.280. The van der Waals surface area contributed by atoms with Crippen LogP contribution in [0, 0.1) is 0 Å². The zero-order valence-corrected chi connectivity index (χ0v) is 23.2. The third kappa shape index (κ3) is 5.16. The van der Waals surface area contributed by atoms with Crippen LogP contribution in [0.15, 0.2) is 91.0 Å². The Morgan fingerprint density at radius 1 is 1.02 bits per heavy atom. The van der Waals surface area contributed by atoms with Crippen molar-refractivity contribution in [1.29, 1.82) is 0 Å². The van der Waals surface area contributed by atoms with Crippen molar-refractivity contribution in [3.8, 4) is 5.75 Å². The largest absolute Gasteiger partial charge is 0.478 e. The summed E-state index contributed by atoms with van der Waals surface area (Å²) in [6, 6.07) is 27.8. The number of imidazole rings is 1. The average molecular weight is 566 g/mol. The van der Waals surface area contributed by atoms with Gasteiger partial charge in [0.15, 0.2) is 0 Å². The first-order valence-corrected chi connectivity index (χ1v) is 13.9. The summed E-state index contributed by atoms with van der Waals surface area (Å²) >= 11 is 6.76. The number of carbonyl (C=O) groups is 2. The molecule has 0 spiro atoms. The van der Waals surface area contributed by atoms with E-state index in [0.29, 0.717) is 40.5 Å². The number of hydrogen-bond donors (Lipinski definition) is 1. The van der Waals surface area contributed by atoms with Crippen molar-refractivity contribution in [3.05, 3.63) is 124 Å². The second kappa shape index (κ2) is 11.1. The minimum absolute atomic E-state index is 0.0402. The molecular formula is C33H28ClN3O4. The van der Waals surface area contributed by atoms with Gasteiger partial charge < -0.3 is 19.3 Å². The second-order valence-corrected chi connectivity index (χ2v) is 10.5. The van der Waals surface area contributed by atoms with Gasteiger partial charge in [0, 0.05) is 29.8 Å². The van der Waals surface area contributed by atoms with Crippen molar-refractivity contribution in [2.75, 3.05) is 4.90 Å². The number of anilines is 1. The lowest BCUT2D eigenvalue weighted by Crippen LogP contribution is -2.23. The minimum Gasteiger partial charge on any atom is -0.478 e. The summed E-state index contributed by atoms with van der Waals surface area (Å²) in [4.78, 5) is 31.7. The summed E-state index contributed by atoms with van der Waals surface area (Å²) in [6.07, 6.45) is 0.583. The van der Waals surface area contributed by atoms with E-state index >= 15 is 0 Å². The maximum atomic E-state index is 13.2. The molecule has 0 aliphatic carbocycles. The topological polar surface area (TPSA) is 84.7 Å². The highest BCUT2D eigenvalue weighted by Gasteiger charge is 2.29. The van der Waals surface area contributed by atoms with Gasteiger partial charge in [0.25, 0.3) is 5.91 Å². The molecule has 1 aromatic heterocycles. The molecule has 0 bridgehead atoms. The molecule has 7 nitrogen and oxygen atoms in total. The van der Waals surface area contributed by atoms with Crippen LogP contribution in [0.25, 0.3) is 11.0 Å². The van der Waals surface area contributed by atoms with Crippen LogP contribution < -0.4 is 9.64 Å². The summed E-state index contributed by atoms with van der Waals surface area (Å²) in [5, 5.41) is 10.2. The van der Waals surface area contributed by atoms with Crippen LogP contribution in [0.5, 0.6) is 5.75 Å². The van der Waals surface area contributed by atoms with Crippen molar-refractivity contribution >= 4 is 40.2 Å². The van der Waals surface area contributed by atoms with Gasteiger partial charge in [-0.3, -0.25) is 4.79 Å². The van der Waals surface area contributed by atoms with E-state index in [0.717, 1.165) is 41.0 Å². The molecule has 206 valence electrons. The Morgan fingerprint density at radius 2 is 1.76 bits per heavy atom. The fourth-order valence-corrected chi connectivity index (χ4v) is 5.56. The van der Waals surface area contributed by atoms with Crippen LogP contribution >= 0.6 is 11.6 Å². The maximum absolute atomic E-state index is 13.2. The van der Waals surface area contributed by atoms with Crippen molar-refractivity contribution in [2.45, 2.75) is 39.0 Å². The zero-order valence-electron chi connectivity index (χ0n) is 22.5. The van der Waals surface area contributed by atoms with E-state index in [9.17, 15) is 14.7 Å². The quantitative estimate of drug-likeness (QED) is 0.207. The van der Waals surface area contributed by atoms with Gasteiger partial charge in [0.05, 0.1) is 17.1 Å². The number of aryl methyl sites for hydroxylation is 1. The fourth-order valence-electron chi connectivity index (χ4n) is 5.31. The van der Waals surface area contributed by atoms with Crippen molar-refractivity contribution < 1.29 is 19.4 Å². The molecule has 1 atom stereocenters. The number of carboxylic acid groups (broad SMARTS) is 1. The van der Waals surface area contributed by atoms with Crippen molar-refractivity contribution in [1.82, 2.24) is 9.55 Å². The first kappa shape index (κ1) is 26.6. The number of amides is 1. The Balaban J connectivity index is 1.30. The number of nitrogens with zero attached hydrogens (tertiary/aromatic N) is 3. The Kier molecular flexibility index (Phi) is 7.20. The standard InChI is InChI=1S/C33H28ClN3O4/c1-2-8-29-35-30-27(34)17-24(36-20-23-11-6-7-12-26(23)32(36)38)18-28(30)37(29)19-21-13-15-25(16-14-21)41-31(33(39)40)22-9-4-3-5-10-22/h3-7,9-18,31H,2,8,19-20H2,1H3,(H,39,40). The monoisotopic (exact) mass is 565 g/mol. The first-order chi connectivity index (χ1) is 19.9. The normalized spacial score (nSPS) is 13.4. The lowest BCUT2D eigenvalue weighted by Gasteiger charge is -2.17. The lowest BCUT2D eigenvalue weighted by molar-refractivity contribution is -0.145. The van der Waals surface area contributed by atoms with E-state index in [2.05, 4.69) is 11.5 Å². The number of fused-ring (bicyclic) bond motifs is 2. The Bertz CT molecular complexity index is 1750. The zero-order chi connectivity index (χ0) is 28.5. The molecule has 6 rings (SSSR count). The van der Waals surface area contributed by atoms with E-state index in [4.69, 9.17) is 21.3 Å². The SMILES string of the molecule is CCCc1nc2c(Cl)cc(N3Cc4ccccc4C3=O)cc2n1Cc1ccc(OC(C(=O)O)c2ccccc2)cc1. The van der Waals surface area contributed by atoms with E-state index < -0.39 is 12.1 Å². The van der Waals surface area contributed by atoms with Gasteiger partial charge in [-0.1, -0.05) is 79.2 Å². The van der Waals surface area contributed by atoms with E-state index in [1.54, 1.807) is 41.3 Å². The van der Waals surface area contributed by atoms with Crippen molar-refractivity contribution in [3.63, 3.8) is 0 Å². The minimum atomic E-state index is -1.10. The molecular weight excluding hydrogens is 538 g/mol. The van der Waals surface area contributed by atoms with Gasteiger partial charge in [0.2, 0.25) is 6.10 Å². The predicted octanol–water partition coefficient (Wildman–Crippen LogP) is 7.06. The molecule has 1 aliphatic heterocycles. The molecule has 4 aromatic carbocycles. The number of hydrogen-bond acceptors (Lipinski definition) is 4. The molecule has 0 radical (unpaired) electrons. The van der Waals surface area contributed by atoms with Gasteiger partial charge in [-0.25, -0.2) is 9.78 Å². The van der Waals surface area contributed by atoms with Crippen LogP contribution in [0.1, 0.15) is 52.3 Å². The molecule has 2 heterocycles. The van der Waals surface area contributed by atoms with E-state index in [-0.39, 0.29) is 5.91 Å². The molecule has 1 N–H and O–H groups in total. The highest BCUT2D eigenvalue weighted by Crippen LogP contribution is 2.35. The third-order valence-electron chi connectivity index (χ3n) is 7.32. The number of aliphatic carboxylic acids is 1. The van der Waals surface area contributed by atoms with Crippen LogP contribution in [0.4, 0.5) is 5.69 Å². The molecule has 0 fully saturated rings. The Morgan fingerprint density at radius 3 is 2.46 bits per heavy atom. The van der Waals surface area contributed by atoms with Gasteiger partial charge in [-0.05, 0) is 47.9 Å². The predicted molar refractivity (Wildman–Crippen MR) is 159 cm³/mol. The molecule has 41 heavy (non-hydrogen) atoms. The number of aromatic nitrogens is 2. The summed E-state index contributed by atoms with van der Waals surface area (Å²) in [7, 11) is 0. The highest BCUT2D eigenvalue weighted by atomic mass is 35.5. The third-order valence-corrected chi connectivity index (χ3v) is 7.61. The van der Waals surface area contributed by atoms with Crippen LogP contribution in [0.3, 0.4) is 0 Å². The molecule has 8 heteroatoms. The van der Waals surface area contributed by atoms with Gasteiger partial charge in [-0.2, -0.15) is 0 Å². The van der Waals surface area contributed by atoms with Gasteiger partial charge >= 0.3 is 5.97 Å². The van der Waals surface area contributed by atoms with Crippen LogP contribution in [0.2, 0.25) is 5.02 Å². The number of benzene rings is 4. The highest BCUT2D eigenvalue weighted by molar-refractivity contribution is 6.35. The molecule has 1 unspecified atom stereocenters. The molecule has 5 aromatic rings. The summed E-state index contributed by atoms with van der Waals surface area (Å²) in [6.45, 7) is 3.13. The van der Waals surface area contributed by atoms with Gasteiger partial charge in [-0.15, -0.1) is 0 Å². The number of rotatable bonds is 9. The Labute approximate surface area is 242 Å². The Hall–Kier alpha value is -4.62. The molecule has 0 saturated heterocycles. The second-order valence-electron chi connectivity index (χ2n) is 10.1. The van der Waals surface area contributed by atoms with E-state index in [1.807, 2.05) is 54.6 Å². The number of ether oxygens (including phenoxy) is 1. The average Bonchev–Trinajstić information content (AvgIpc) is 3.50. The van der Waals surface area contributed by atoms with Gasteiger partial charge in [0.1, 0.15) is 17.1 Å². The first-order valence-electron chi connectivity index (χ1n) is 13.5. The molecule has 0 saturated carbocycles. The smallest absolute Gasteiger partial charge is 0.349 e. The number of carboxylic acids is 1. The number of carbonyl (C=O) groups excluding carboxylic acids is 1. The fraction of sp³-hybridized carbons (Fsp3) is 0.182. The lowest BCUT2D eigenvalue weighted by atomic mass is 10.1. The van der Waals surface area contributed by atoms with Crippen molar-refractivity contribution in [2.24, 2.45) is 0 Å². The molecule has 1 amide bonds. The molecule has 1 aliphatic rings. The van der Waals surface area contributed by atoms with E-state index in [1.165, 1.54) is 0 Å². The van der Waals surface area contributed by atoms with Crippen LogP contribution in [-0.2, 0) is 24.3 Å².